The summed E-state index contributed by atoms with van der Waals surface area (Å²) in [6.07, 6.45) is 1.41. The van der Waals surface area contributed by atoms with Crippen molar-refractivity contribution in [1.29, 1.82) is 0 Å². The molecular weight excluding hydrogens is 290 g/mol. The highest BCUT2D eigenvalue weighted by molar-refractivity contribution is 7.99. The second kappa shape index (κ2) is 5.61. The van der Waals surface area contributed by atoms with Crippen molar-refractivity contribution in [3.63, 3.8) is 0 Å². The Labute approximate surface area is 125 Å². The van der Waals surface area contributed by atoms with Crippen LogP contribution in [0.5, 0.6) is 5.75 Å². The van der Waals surface area contributed by atoms with E-state index in [9.17, 15) is 9.59 Å². The minimum Gasteiger partial charge on any atom is -0.497 e. The van der Waals surface area contributed by atoms with E-state index >= 15 is 0 Å². The summed E-state index contributed by atoms with van der Waals surface area (Å²) in [7, 11) is 1.56. The predicted octanol–water partition coefficient (Wildman–Crippen LogP) is 1.61. The van der Waals surface area contributed by atoms with E-state index in [4.69, 9.17) is 4.74 Å². The van der Waals surface area contributed by atoms with Crippen LogP contribution in [0.4, 0.5) is 5.69 Å². The average molecular weight is 303 g/mol. The summed E-state index contributed by atoms with van der Waals surface area (Å²) in [5, 5.41) is 3.31. The molecule has 1 aliphatic heterocycles. The van der Waals surface area contributed by atoms with Gasteiger partial charge in [-0.15, -0.1) is 0 Å². The number of hydrogen-bond donors (Lipinski definition) is 1. The maximum atomic E-state index is 12.2. The Morgan fingerprint density at radius 1 is 1.38 bits per heavy atom. The lowest BCUT2D eigenvalue weighted by molar-refractivity contribution is 0.102. The highest BCUT2D eigenvalue weighted by Gasteiger charge is 2.17. The van der Waals surface area contributed by atoms with Crippen LogP contribution < -0.4 is 15.6 Å². The molecule has 0 radical (unpaired) electrons. The first-order chi connectivity index (χ1) is 10.2. The van der Waals surface area contributed by atoms with Gasteiger partial charge in [-0.05, 0) is 24.3 Å². The van der Waals surface area contributed by atoms with Crippen LogP contribution in [0.15, 0.2) is 40.4 Å². The van der Waals surface area contributed by atoms with E-state index in [-0.39, 0.29) is 17.2 Å². The number of rotatable bonds is 3. The predicted molar refractivity (Wildman–Crippen MR) is 80.2 cm³/mol. The molecule has 1 N–H and O–H groups in total. The number of methoxy groups -OCH3 is 1. The summed E-state index contributed by atoms with van der Waals surface area (Å²) in [4.78, 5) is 28.5. The van der Waals surface area contributed by atoms with Crippen molar-refractivity contribution in [2.45, 2.75) is 11.7 Å². The molecule has 3 rings (SSSR count). The number of fused-ring (bicyclic) bond motifs is 1. The van der Waals surface area contributed by atoms with Gasteiger partial charge in [0, 0.05) is 17.9 Å². The normalized spacial score (nSPS) is 12.8. The summed E-state index contributed by atoms with van der Waals surface area (Å²) < 4.78 is 6.62. The fraction of sp³-hybridized carbons (Fsp3) is 0.214. The van der Waals surface area contributed by atoms with Crippen LogP contribution in [0, 0.1) is 0 Å². The lowest BCUT2D eigenvalue weighted by Crippen LogP contribution is -2.26. The third-order valence-corrected chi connectivity index (χ3v) is 4.13. The molecule has 1 aromatic heterocycles. The van der Waals surface area contributed by atoms with Crippen LogP contribution in [0.1, 0.15) is 10.4 Å². The topological polar surface area (TPSA) is 73.2 Å². The molecule has 0 saturated heterocycles. The summed E-state index contributed by atoms with van der Waals surface area (Å²) in [6, 6.07) is 6.67. The minimum atomic E-state index is -0.345. The van der Waals surface area contributed by atoms with Gasteiger partial charge in [-0.25, -0.2) is 4.98 Å². The van der Waals surface area contributed by atoms with E-state index < -0.39 is 0 Å². The van der Waals surface area contributed by atoms with Gasteiger partial charge >= 0.3 is 0 Å². The Morgan fingerprint density at radius 2 is 2.14 bits per heavy atom. The molecule has 6 nitrogen and oxygen atoms in total. The van der Waals surface area contributed by atoms with Gasteiger partial charge in [-0.1, -0.05) is 11.8 Å². The van der Waals surface area contributed by atoms with E-state index in [0.29, 0.717) is 23.0 Å². The quantitative estimate of drug-likeness (QED) is 0.872. The summed E-state index contributed by atoms with van der Waals surface area (Å²) >= 11 is 1.54. The first kappa shape index (κ1) is 13.7. The Hall–Kier alpha value is -2.28. The van der Waals surface area contributed by atoms with Gasteiger partial charge in [0.2, 0.25) is 0 Å². The summed E-state index contributed by atoms with van der Waals surface area (Å²) in [6.45, 7) is 0.623. The van der Waals surface area contributed by atoms with Crippen molar-refractivity contribution in [2.24, 2.45) is 0 Å². The third kappa shape index (κ3) is 2.64. The number of ether oxygens (including phenoxy) is 1. The number of benzene rings is 1. The van der Waals surface area contributed by atoms with E-state index in [2.05, 4.69) is 10.3 Å². The number of hydrogen-bond acceptors (Lipinski definition) is 5. The number of carbonyl (C=O) groups excluding carboxylic acids is 1. The lowest BCUT2D eigenvalue weighted by Gasteiger charge is -2.07. The van der Waals surface area contributed by atoms with E-state index in [1.165, 1.54) is 18.0 Å². The molecule has 2 aromatic rings. The van der Waals surface area contributed by atoms with Crippen molar-refractivity contribution in [1.82, 2.24) is 9.55 Å². The first-order valence-electron chi connectivity index (χ1n) is 6.37. The maximum absolute atomic E-state index is 12.2. The second-order valence-electron chi connectivity index (χ2n) is 4.44. The molecule has 108 valence electrons. The SMILES string of the molecule is COc1ccc(C(=O)Nc2cnc3n(c2=O)CCS3)cc1. The van der Waals surface area contributed by atoms with E-state index in [1.54, 1.807) is 35.9 Å². The molecule has 21 heavy (non-hydrogen) atoms. The molecule has 1 aromatic carbocycles. The van der Waals surface area contributed by atoms with Gasteiger partial charge in [-0.3, -0.25) is 14.2 Å². The number of nitrogens with one attached hydrogen (secondary N) is 1. The first-order valence-corrected chi connectivity index (χ1v) is 7.35. The van der Waals surface area contributed by atoms with Crippen LogP contribution >= 0.6 is 11.8 Å². The maximum Gasteiger partial charge on any atom is 0.277 e. The molecule has 0 aliphatic carbocycles. The number of aromatic nitrogens is 2. The molecule has 0 spiro atoms. The van der Waals surface area contributed by atoms with Crippen LogP contribution in [-0.4, -0.2) is 28.3 Å². The number of thioether (sulfide) groups is 1. The van der Waals surface area contributed by atoms with Crippen LogP contribution in [-0.2, 0) is 6.54 Å². The smallest absolute Gasteiger partial charge is 0.277 e. The fourth-order valence-corrected chi connectivity index (χ4v) is 2.95. The van der Waals surface area contributed by atoms with Crippen molar-refractivity contribution in [3.8, 4) is 5.75 Å². The number of nitrogens with zero attached hydrogens (tertiary/aromatic N) is 2. The van der Waals surface area contributed by atoms with Crippen molar-refractivity contribution < 1.29 is 9.53 Å². The largest absolute Gasteiger partial charge is 0.497 e. The third-order valence-electron chi connectivity index (χ3n) is 3.16. The Balaban J connectivity index is 1.83. The van der Waals surface area contributed by atoms with Gasteiger partial charge in [0.1, 0.15) is 11.4 Å². The molecule has 1 amide bonds. The summed E-state index contributed by atoms with van der Waals surface area (Å²) in [5.74, 6) is 1.16. The number of amides is 1. The molecule has 0 bridgehead atoms. The second-order valence-corrected chi connectivity index (χ2v) is 5.50. The zero-order valence-corrected chi connectivity index (χ0v) is 12.1. The lowest BCUT2D eigenvalue weighted by atomic mass is 10.2. The number of carbonyl (C=O) groups is 1. The zero-order chi connectivity index (χ0) is 14.8. The molecule has 2 heterocycles. The monoisotopic (exact) mass is 303 g/mol. The zero-order valence-electron chi connectivity index (χ0n) is 11.3. The molecule has 0 fully saturated rings. The average Bonchev–Trinajstić information content (AvgIpc) is 2.99. The molecule has 7 heteroatoms. The van der Waals surface area contributed by atoms with Gasteiger partial charge in [-0.2, -0.15) is 0 Å². The summed E-state index contributed by atoms with van der Waals surface area (Å²) in [5.41, 5.74) is 0.434. The van der Waals surface area contributed by atoms with Crippen molar-refractivity contribution >= 4 is 23.4 Å². The minimum absolute atomic E-state index is 0.196. The standard InChI is InChI=1S/C14H13N3O3S/c1-20-10-4-2-9(3-5-10)12(18)16-11-8-15-14-17(13(11)19)6-7-21-14/h2-5,8H,6-7H2,1H3,(H,16,18). The van der Waals surface area contributed by atoms with Gasteiger partial charge in [0.25, 0.3) is 11.5 Å². The molecule has 0 saturated carbocycles. The Morgan fingerprint density at radius 3 is 2.86 bits per heavy atom. The fourth-order valence-electron chi connectivity index (χ4n) is 2.04. The van der Waals surface area contributed by atoms with Crippen molar-refractivity contribution in [3.05, 3.63) is 46.4 Å². The Kier molecular flexibility index (Phi) is 3.66. The van der Waals surface area contributed by atoms with Crippen molar-refractivity contribution in [2.75, 3.05) is 18.2 Å². The highest BCUT2D eigenvalue weighted by Crippen LogP contribution is 2.21. The van der Waals surface area contributed by atoms with Crippen LogP contribution in [0.3, 0.4) is 0 Å². The van der Waals surface area contributed by atoms with Crippen LogP contribution in [0.2, 0.25) is 0 Å². The molecule has 0 unspecified atom stereocenters. The van der Waals surface area contributed by atoms with Gasteiger partial charge in [0.15, 0.2) is 5.16 Å². The van der Waals surface area contributed by atoms with E-state index in [0.717, 1.165) is 5.75 Å². The van der Waals surface area contributed by atoms with Crippen LogP contribution in [0.25, 0.3) is 0 Å². The molecular formula is C14H13N3O3S. The van der Waals surface area contributed by atoms with E-state index in [1.807, 2.05) is 0 Å². The molecule has 1 aliphatic rings. The number of anilines is 1. The van der Waals surface area contributed by atoms with Gasteiger partial charge < -0.3 is 10.1 Å². The van der Waals surface area contributed by atoms with Gasteiger partial charge in [0.05, 0.1) is 13.3 Å². The Bertz CT molecular complexity index is 740. The molecule has 0 atom stereocenters. The highest BCUT2D eigenvalue weighted by atomic mass is 32.2.